The van der Waals surface area contributed by atoms with Crippen LogP contribution in [0.15, 0.2) is 12.7 Å². The van der Waals surface area contributed by atoms with Crippen LogP contribution in [0.3, 0.4) is 0 Å². The summed E-state index contributed by atoms with van der Waals surface area (Å²) < 4.78 is 5.37. The molecule has 0 radical (unpaired) electrons. The van der Waals surface area contributed by atoms with Crippen molar-refractivity contribution in [2.75, 3.05) is 13.1 Å². The van der Waals surface area contributed by atoms with Crippen LogP contribution in [0.25, 0.3) is 0 Å². The van der Waals surface area contributed by atoms with Crippen molar-refractivity contribution in [3.63, 3.8) is 0 Å². The van der Waals surface area contributed by atoms with E-state index in [-0.39, 0.29) is 18.4 Å². The fraction of sp³-hybridized carbons (Fsp3) is 0.741. The van der Waals surface area contributed by atoms with Crippen LogP contribution < -0.4 is 16.0 Å². The van der Waals surface area contributed by atoms with Gasteiger partial charge in [0.15, 0.2) is 0 Å². The summed E-state index contributed by atoms with van der Waals surface area (Å²) in [7, 11) is 0. The third-order valence-corrected chi connectivity index (χ3v) is 5.92. The molecule has 10 nitrogen and oxygen atoms in total. The van der Waals surface area contributed by atoms with Crippen molar-refractivity contribution in [3.05, 3.63) is 12.7 Å². The zero-order valence-electron chi connectivity index (χ0n) is 23.9. The molecule has 1 unspecified atom stereocenters. The maximum atomic E-state index is 13.8. The second-order valence-corrected chi connectivity index (χ2v) is 12.5. The number of hydrogen-bond acceptors (Lipinski definition) is 6. The lowest BCUT2D eigenvalue weighted by atomic mass is 9.85. The number of carbonyl (C=O) groups excluding carboxylic acids is 5. The summed E-state index contributed by atoms with van der Waals surface area (Å²) in [5, 5.41) is 7.84. The number of ketones is 1. The standard InChI is InChI=1S/C27H46N4O6/c1-11-13-17(19(32)22(34)28-14-12-2)29-21(33)18-15-27(9,10)16-31(18)23(35)20(25(3,4)5)30-24(36)37-26(6,7)8/h12,17-18,20H,2,11,13-16H2,1,3-10H3,(H,28,34)(H,29,33)(H,30,36)/t17?,18-,20-/m0/s1. The van der Waals surface area contributed by atoms with Crippen LogP contribution in [0.2, 0.25) is 0 Å². The molecule has 3 atom stereocenters. The van der Waals surface area contributed by atoms with Crippen molar-refractivity contribution in [1.29, 1.82) is 0 Å². The number of ether oxygens (including phenoxy) is 1. The van der Waals surface area contributed by atoms with E-state index in [1.165, 1.54) is 11.0 Å². The summed E-state index contributed by atoms with van der Waals surface area (Å²) in [5.74, 6) is -2.46. The third-order valence-electron chi connectivity index (χ3n) is 5.92. The molecule has 1 fully saturated rings. The number of alkyl carbamates (subject to hydrolysis) is 1. The smallest absolute Gasteiger partial charge is 0.408 e. The highest BCUT2D eigenvalue weighted by atomic mass is 16.6. The molecule has 1 heterocycles. The Kier molecular flexibility index (Phi) is 10.9. The molecule has 0 aromatic heterocycles. The Morgan fingerprint density at radius 3 is 2.16 bits per heavy atom. The van der Waals surface area contributed by atoms with Gasteiger partial charge in [0.1, 0.15) is 17.7 Å². The van der Waals surface area contributed by atoms with Gasteiger partial charge >= 0.3 is 6.09 Å². The molecule has 210 valence electrons. The average Bonchev–Trinajstić information content (AvgIpc) is 3.08. The largest absolute Gasteiger partial charge is 0.444 e. The summed E-state index contributed by atoms with van der Waals surface area (Å²) in [5.41, 5.74) is -1.80. The quantitative estimate of drug-likeness (QED) is 0.298. The minimum atomic E-state index is -1.01. The van der Waals surface area contributed by atoms with Gasteiger partial charge in [-0.25, -0.2) is 4.79 Å². The van der Waals surface area contributed by atoms with Crippen molar-refractivity contribution in [3.8, 4) is 0 Å². The van der Waals surface area contributed by atoms with Gasteiger partial charge in [-0.2, -0.15) is 0 Å². The number of rotatable bonds is 10. The van der Waals surface area contributed by atoms with Crippen LogP contribution in [-0.4, -0.2) is 71.3 Å². The van der Waals surface area contributed by atoms with Crippen LogP contribution in [-0.2, 0) is 23.9 Å². The average molecular weight is 523 g/mol. The monoisotopic (exact) mass is 522 g/mol. The fourth-order valence-corrected chi connectivity index (χ4v) is 4.21. The molecular formula is C27H46N4O6. The Morgan fingerprint density at radius 1 is 1.08 bits per heavy atom. The zero-order valence-corrected chi connectivity index (χ0v) is 23.9. The Morgan fingerprint density at radius 2 is 1.68 bits per heavy atom. The summed E-state index contributed by atoms with van der Waals surface area (Å²) in [4.78, 5) is 66.2. The SMILES string of the molecule is C=CCNC(=O)C(=O)C(CCC)NC(=O)[C@@H]1CC(C)(C)CN1C(=O)[C@H](NC(=O)OC(C)(C)C)C(C)(C)C. The highest BCUT2D eigenvalue weighted by Gasteiger charge is 2.48. The van der Waals surface area contributed by atoms with Gasteiger partial charge in [0.05, 0.1) is 6.04 Å². The van der Waals surface area contributed by atoms with Crippen molar-refractivity contribution in [2.24, 2.45) is 10.8 Å². The molecule has 1 aliphatic rings. The first-order valence-corrected chi connectivity index (χ1v) is 12.9. The first-order valence-electron chi connectivity index (χ1n) is 12.9. The van der Waals surface area contributed by atoms with Crippen LogP contribution in [0.5, 0.6) is 0 Å². The van der Waals surface area contributed by atoms with E-state index in [0.29, 0.717) is 19.4 Å². The normalized spacial score (nSPS) is 18.8. The molecule has 3 N–H and O–H groups in total. The molecule has 0 aliphatic carbocycles. The van der Waals surface area contributed by atoms with Crippen molar-refractivity contribution < 1.29 is 28.7 Å². The van der Waals surface area contributed by atoms with Crippen molar-refractivity contribution in [2.45, 2.75) is 105 Å². The van der Waals surface area contributed by atoms with Crippen LogP contribution in [0.4, 0.5) is 4.79 Å². The van der Waals surface area contributed by atoms with Crippen LogP contribution in [0, 0.1) is 10.8 Å². The van der Waals surface area contributed by atoms with Gasteiger partial charge in [-0.05, 0) is 44.4 Å². The Balaban J connectivity index is 3.20. The zero-order chi connectivity index (χ0) is 28.8. The molecule has 37 heavy (non-hydrogen) atoms. The van der Waals surface area contributed by atoms with Gasteiger partial charge < -0.3 is 25.6 Å². The second kappa shape index (κ2) is 12.6. The fourth-order valence-electron chi connectivity index (χ4n) is 4.21. The first-order chi connectivity index (χ1) is 16.8. The van der Waals surface area contributed by atoms with E-state index in [1.54, 1.807) is 20.8 Å². The Bertz CT molecular complexity index is 884. The minimum absolute atomic E-state index is 0.134. The molecule has 1 rings (SSSR count). The third kappa shape index (κ3) is 9.81. The van der Waals surface area contributed by atoms with Gasteiger partial charge in [0.25, 0.3) is 5.91 Å². The van der Waals surface area contributed by atoms with Gasteiger partial charge in [-0.3, -0.25) is 19.2 Å². The van der Waals surface area contributed by atoms with Gasteiger partial charge in [-0.1, -0.05) is 54.0 Å². The lowest BCUT2D eigenvalue weighted by Gasteiger charge is -2.36. The highest BCUT2D eigenvalue weighted by molar-refractivity contribution is 6.38. The molecule has 1 saturated heterocycles. The number of carbonyl (C=O) groups is 5. The Hall–Kier alpha value is -2.91. The lowest BCUT2D eigenvalue weighted by Crippen LogP contribution is -2.59. The maximum Gasteiger partial charge on any atom is 0.408 e. The Labute approximate surface area is 221 Å². The molecule has 1 aliphatic heterocycles. The molecule has 4 amide bonds. The number of likely N-dealkylation sites (tertiary alicyclic amines) is 1. The molecular weight excluding hydrogens is 476 g/mol. The van der Waals surface area contributed by atoms with Crippen LogP contribution in [0.1, 0.15) is 81.6 Å². The van der Waals surface area contributed by atoms with E-state index in [0.717, 1.165) is 0 Å². The van der Waals surface area contributed by atoms with E-state index >= 15 is 0 Å². The molecule has 0 saturated carbocycles. The molecule has 0 aromatic rings. The van der Waals surface area contributed by atoms with E-state index in [2.05, 4.69) is 22.5 Å². The van der Waals surface area contributed by atoms with E-state index in [1.807, 2.05) is 41.5 Å². The van der Waals surface area contributed by atoms with E-state index in [4.69, 9.17) is 4.74 Å². The predicted octanol–water partition coefficient (Wildman–Crippen LogP) is 2.71. The number of nitrogens with one attached hydrogen (secondary N) is 3. The van der Waals surface area contributed by atoms with Crippen molar-refractivity contribution >= 4 is 29.6 Å². The van der Waals surface area contributed by atoms with Gasteiger partial charge in [-0.15, -0.1) is 6.58 Å². The topological polar surface area (TPSA) is 134 Å². The molecule has 0 bridgehead atoms. The molecule has 10 heteroatoms. The molecule has 0 spiro atoms. The lowest BCUT2D eigenvalue weighted by molar-refractivity contribution is -0.144. The van der Waals surface area contributed by atoms with Crippen LogP contribution >= 0.6 is 0 Å². The summed E-state index contributed by atoms with van der Waals surface area (Å²) in [6, 6.07) is -2.83. The number of hydrogen-bond donors (Lipinski definition) is 3. The van der Waals surface area contributed by atoms with Gasteiger partial charge in [0.2, 0.25) is 17.6 Å². The summed E-state index contributed by atoms with van der Waals surface area (Å²) >= 11 is 0. The molecule has 0 aromatic carbocycles. The predicted molar refractivity (Wildman–Crippen MR) is 142 cm³/mol. The van der Waals surface area contributed by atoms with E-state index < -0.39 is 58.7 Å². The number of amides is 4. The van der Waals surface area contributed by atoms with Gasteiger partial charge in [0, 0.05) is 13.1 Å². The minimum Gasteiger partial charge on any atom is -0.444 e. The second-order valence-electron chi connectivity index (χ2n) is 12.5. The first kappa shape index (κ1) is 32.1. The van der Waals surface area contributed by atoms with Crippen molar-refractivity contribution in [1.82, 2.24) is 20.9 Å². The highest BCUT2D eigenvalue weighted by Crippen LogP contribution is 2.36. The van der Waals surface area contributed by atoms with E-state index in [9.17, 15) is 24.0 Å². The summed E-state index contributed by atoms with van der Waals surface area (Å²) in [6.07, 6.45) is 1.94. The number of nitrogens with zero attached hydrogens (tertiary/aromatic N) is 1. The number of Topliss-reactive ketones (excluding diaryl/α,β-unsaturated/α-hetero) is 1. The summed E-state index contributed by atoms with van der Waals surface area (Å²) in [6.45, 7) is 20.3. The maximum absolute atomic E-state index is 13.8.